The molecule has 8 aliphatic rings. The summed E-state index contributed by atoms with van der Waals surface area (Å²) >= 11 is 3.43. The van der Waals surface area contributed by atoms with Crippen LogP contribution in [0.5, 0.6) is 5.75 Å². The lowest BCUT2D eigenvalue weighted by molar-refractivity contribution is -0.151. The van der Waals surface area contributed by atoms with Crippen molar-refractivity contribution in [1.29, 1.82) is 5.41 Å². The quantitative estimate of drug-likeness (QED) is 0.102. The summed E-state index contributed by atoms with van der Waals surface area (Å²) in [6.45, 7) is 22.2. The number of halogens is 1. The Kier molecular flexibility index (Phi) is 19.9. The lowest BCUT2D eigenvalue weighted by Crippen LogP contribution is -2.55. The standard InChI is InChI=1S/C28H44N2O3.C22H35BrO2.C6H12N2O.3CH4/c1-18(2)33-20-15-29-30(16-20)17-25(31)24-9-8-22-21-7-6-19-14-26(3,32)12-13-27(19,4)23(21)10-11-28(22,24)5;1-20(25)10-11-21(2)14(12-20)4-5-15-16-6-7-18(19(24)13-23)22(16,3)9-8-17(15)21;1-5(2)9-6(3-7)4-8;;;/h15-16,18-19,21-24,32H,6-14,17H2,1-5H3;14-18,25H,4-13H2,1-3H3;3-5,7H,8H2,1-2H3;3*1H4/b;;6-4+,7-3?;;;/t19-,21+,22+,23+,24-,26-,27+,28+;14-,15+,16+,17+,18-,20-,21+,22+;;;;/m11..../s1. The maximum atomic E-state index is 13.5. The number of aliphatic hydroxyl groups is 2. The minimum Gasteiger partial charge on any atom is -0.488 e. The lowest BCUT2D eigenvalue weighted by atomic mass is 9.44. The summed E-state index contributed by atoms with van der Waals surface area (Å²) in [5.74, 6) is 8.31. The molecule has 70 heavy (non-hydrogen) atoms. The van der Waals surface area contributed by atoms with Crippen LogP contribution >= 0.6 is 15.9 Å². The van der Waals surface area contributed by atoms with Crippen molar-refractivity contribution >= 4 is 33.7 Å². The molecular formula is C59H103BrN4O6. The van der Waals surface area contributed by atoms with Gasteiger partial charge in [-0.1, -0.05) is 65.9 Å². The van der Waals surface area contributed by atoms with Gasteiger partial charge >= 0.3 is 0 Å². The fraction of sp³-hybridized carbons (Fsp3) is 0.864. The molecule has 1 aromatic heterocycles. The van der Waals surface area contributed by atoms with Crippen molar-refractivity contribution in [3.63, 3.8) is 0 Å². The molecule has 11 heteroatoms. The third kappa shape index (κ3) is 11.8. The summed E-state index contributed by atoms with van der Waals surface area (Å²) < 4.78 is 12.5. The number of nitrogens with two attached hydrogens (primary N) is 1. The number of hydrogen-bond donors (Lipinski definition) is 4. The van der Waals surface area contributed by atoms with E-state index in [1.165, 1.54) is 76.8 Å². The van der Waals surface area contributed by atoms with Crippen molar-refractivity contribution in [3.05, 3.63) is 24.4 Å². The SMILES string of the molecule is C.C.C.CC(C)O/C(C=N)=C/N.CC(C)Oc1cnn(CC(=O)[C@H]2CC[C@H]3[C@@H]4CC[C@@H]5C[C@](C)(O)CC[C@]5(C)[C@H]4CC[C@]23C)c1.C[C@@]1(O)CC[C@@]2(C)[C@H](CC[C@@H]3[C@@H]2CC[C@]2(C)[C@@H](C(=O)CBr)CC[C@@H]32)C1. The first-order chi connectivity index (χ1) is 31.4. The number of fused-ring (bicyclic) bond motifs is 10. The summed E-state index contributed by atoms with van der Waals surface area (Å²) in [5, 5.41) is 33.0. The van der Waals surface area contributed by atoms with E-state index >= 15 is 0 Å². The summed E-state index contributed by atoms with van der Waals surface area (Å²) in [6.07, 6.45) is 27.1. The minimum absolute atomic E-state index is 0. The maximum Gasteiger partial charge on any atom is 0.157 e. The highest BCUT2D eigenvalue weighted by Gasteiger charge is 2.63. The number of allylic oxidation sites excluding steroid dienone is 1. The molecule has 0 aromatic carbocycles. The zero-order valence-electron chi connectivity index (χ0n) is 43.3. The van der Waals surface area contributed by atoms with Crippen LogP contribution in [0.2, 0.25) is 0 Å². The van der Waals surface area contributed by atoms with Gasteiger partial charge in [-0.15, -0.1) is 0 Å². The van der Waals surface area contributed by atoms with Crippen molar-refractivity contribution in [2.75, 3.05) is 5.33 Å². The fourth-order valence-electron chi connectivity index (χ4n) is 17.4. The van der Waals surface area contributed by atoms with E-state index < -0.39 is 11.2 Å². The molecule has 5 N–H and O–H groups in total. The predicted molar refractivity (Wildman–Crippen MR) is 291 cm³/mol. The number of hydrogen-bond acceptors (Lipinski definition) is 9. The average Bonchev–Trinajstić information content (AvgIpc) is 3.97. The Labute approximate surface area is 435 Å². The van der Waals surface area contributed by atoms with Gasteiger partial charge in [0.2, 0.25) is 0 Å². The molecule has 8 saturated carbocycles. The molecule has 0 saturated heterocycles. The maximum absolute atomic E-state index is 13.5. The van der Waals surface area contributed by atoms with Gasteiger partial charge in [-0.05, 0) is 226 Å². The van der Waals surface area contributed by atoms with Gasteiger partial charge in [0.1, 0.15) is 5.78 Å². The molecule has 0 aliphatic heterocycles. The zero-order chi connectivity index (χ0) is 48.9. The highest BCUT2D eigenvalue weighted by Crippen LogP contribution is 2.70. The third-order valence-electron chi connectivity index (χ3n) is 20.8. The van der Waals surface area contributed by atoms with Crippen LogP contribution < -0.4 is 10.5 Å². The first-order valence-corrected chi connectivity index (χ1v) is 27.9. The molecule has 1 aromatic rings. The first-order valence-electron chi connectivity index (χ1n) is 26.8. The smallest absolute Gasteiger partial charge is 0.157 e. The van der Waals surface area contributed by atoms with Crippen molar-refractivity contribution in [1.82, 2.24) is 9.78 Å². The second-order valence-electron chi connectivity index (χ2n) is 25.6. The summed E-state index contributed by atoms with van der Waals surface area (Å²) in [7, 11) is 0. The summed E-state index contributed by atoms with van der Waals surface area (Å²) in [4.78, 5) is 26.0. The van der Waals surface area contributed by atoms with Gasteiger partial charge in [-0.3, -0.25) is 14.3 Å². The van der Waals surface area contributed by atoms with E-state index in [2.05, 4.69) is 48.7 Å². The number of alkyl halides is 1. The highest BCUT2D eigenvalue weighted by atomic mass is 79.9. The van der Waals surface area contributed by atoms with Crippen molar-refractivity contribution in [2.45, 2.75) is 237 Å². The molecule has 8 aliphatic carbocycles. The lowest BCUT2D eigenvalue weighted by Gasteiger charge is -2.61. The van der Waals surface area contributed by atoms with Gasteiger partial charge in [0.25, 0.3) is 0 Å². The van der Waals surface area contributed by atoms with Gasteiger partial charge in [0.05, 0.1) is 53.9 Å². The van der Waals surface area contributed by atoms with E-state index in [4.69, 9.17) is 20.6 Å². The monoisotopic (exact) mass is 1040 g/mol. The molecule has 0 bridgehead atoms. The zero-order valence-corrected chi connectivity index (χ0v) is 44.8. The number of carbonyl (C=O) groups excluding carboxylic acids is 2. The molecule has 0 amide bonds. The number of Topliss-reactive ketones (excluding diaryl/α,β-unsaturated/α-hetero) is 2. The third-order valence-corrected chi connectivity index (χ3v) is 21.3. The molecule has 402 valence electrons. The van der Waals surface area contributed by atoms with Crippen LogP contribution in [0.4, 0.5) is 0 Å². The minimum atomic E-state index is -0.475. The molecule has 0 unspecified atom stereocenters. The molecule has 0 radical (unpaired) electrons. The van der Waals surface area contributed by atoms with Gasteiger partial charge < -0.3 is 30.8 Å². The van der Waals surface area contributed by atoms with Crippen LogP contribution in [0.25, 0.3) is 0 Å². The van der Waals surface area contributed by atoms with E-state index in [0.29, 0.717) is 57.8 Å². The van der Waals surface area contributed by atoms with E-state index in [0.717, 1.165) is 86.5 Å². The molecule has 16 atom stereocenters. The van der Waals surface area contributed by atoms with Crippen LogP contribution in [-0.4, -0.2) is 66.5 Å². The molecule has 9 rings (SSSR count). The van der Waals surface area contributed by atoms with Crippen LogP contribution in [0.15, 0.2) is 24.4 Å². The Balaban J connectivity index is 0.000000256. The van der Waals surface area contributed by atoms with E-state index in [1.807, 2.05) is 47.7 Å². The number of nitrogens with one attached hydrogen (secondary N) is 1. The Morgan fingerprint density at radius 2 is 1.16 bits per heavy atom. The van der Waals surface area contributed by atoms with Crippen LogP contribution in [-0.2, 0) is 20.9 Å². The summed E-state index contributed by atoms with van der Waals surface area (Å²) in [6, 6.07) is 0. The molecule has 10 nitrogen and oxygen atoms in total. The number of aromatic nitrogens is 2. The highest BCUT2D eigenvalue weighted by molar-refractivity contribution is 9.09. The van der Waals surface area contributed by atoms with Gasteiger partial charge in [0, 0.05) is 18.0 Å². The van der Waals surface area contributed by atoms with Crippen molar-refractivity contribution in [3.8, 4) is 5.75 Å². The van der Waals surface area contributed by atoms with Gasteiger partial charge in [-0.25, -0.2) is 0 Å². The number of nitrogens with zero attached hydrogens (tertiary/aromatic N) is 2. The van der Waals surface area contributed by atoms with E-state index in [1.54, 1.807) is 10.9 Å². The first kappa shape index (κ1) is 60.3. The fourth-order valence-corrected chi connectivity index (χ4v) is 17.8. The summed E-state index contributed by atoms with van der Waals surface area (Å²) in [5.41, 5.74) is 5.34. The average molecular weight is 1040 g/mol. The van der Waals surface area contributed by atoms with Gasteiger partial charge in [-0.2, -0.15) is 5.10 Å². The Morgan fingerprint density at radius 1 is 0.700 bits per heavy atom. The van der Waals surface area contributed by atoms with Crippen molar-refractivity contribution < 1.29 is 29.3 Å². The molecule has 8 fully saturated rings. The Hall–Kier alpha value is -2.24. The number of ketones is 2. The van der Waals surface area contributed by atoms with Crippen LogP contribution in [0.3, 0.4) is 0 Å². The van der Waals surface area contributed by atoms with Crippen LogP contribution in [0.1, 0.15) is 207 Å². The van der Waals surface area contributed by atoms with E-state index in [9.17, 15) is 19.8 Å². The van der Waals surface area contributed by atoms with Crippen molar-refractivity contribution in [2.24, 2.45) is 86.6 Å². The second-order valence-corrected chi connectivity index (χ2v) is 26.1. The van der Waals surface area contributed by atoms with Gasteiger partial charge in [0.15, 0.2) is 17.3 Å². The largest absolute Gasteiger partial charge is 0.488 e. The number of ether oxygens (including phenoxy) is 2. The number of rotatable bonds is 10. The molecule has 0 spiro atoms. The van der Waals surface area contributed by atoms with Crippen LogP contribution in [0, 0.1) is 86.2 Å². The topological polar surface area (TPSA) is 161 Å². The Morgan fingerprint density at radius 3 is 1.56 bits per heavy atom. The Bertz CT molecular complexity index is 1950. The normalized spacial score (nSPS) is 42.3. The predicted octanol–water partition coefficient (Wildman–Crippen LogP) is 13.8. The number of carbonyl (C=O) groups is 2. The van der Waals surface area contributed by atoms with E-state index in [-0.39, 0.29) is 57.2 Å². The molecular weight excluding hydrogens is 941 g/mol. The second kappa shape index (κ2) is 23.1. The molecule has 1 heterocycles.